The van der Waals surface area contributed by atoms with Crippen LogP contribution in [-0.2, 0) is 19.1 Å². The largest absolute Gasteiger partial charge is 0.481 e. The van der Waals surface area contributed by atoms with Gasteiger partial charge in [-0.1, -0.05) is 22.0 Å². The fourth-order valence-electron chi connectivity index (χ4n) is 4.10. The van der Waals surface area contributed by atoms with Gasteiger partial charge in [-0.3, -0.25) is 9.69 Å². The molecule has 0 bridgehead atoms. The molecule has 3 heterocycles. The van der Waals surface area contributed by atoms with E-state index in [2.05, 4.69) is 36.3 Å². The predicted octanol–water partition coefficient (Wildman–Crippen LogP) is 1.59. The van der Waals surface area contributed by atoms with Gasteiger partial charge in [0.25, 0.3) is 5.82 Å². The van der Waals surface area contributed by atoms with Crippen LogP contribution in [0.1, 0.15) is 30.8 Å². The smallest absolute Gasteiger partial charge is 0.338 e. The zero-order valence-electron chi connectivity index (χ0n) is 19.7. The van der Waals surface area contributed by atoms with Crippen LogP contribution in [0.15, 0.2) is 45.3 Å². The predicted molar refractivity (Wildman–Crippen MR) is 130 cm³/mol. The molecule has 1 aromatic heterocycles. The van der Waals surface area contributed by atoms with Gasteiger partial charge in [0.15, 0.2) is 0 Å². The Balaban J connectivity index is 1.78. The van der Waals surface area contributed by atoms with Crippen molar-refractivity contribution >= 4 is 33.8 Å². The lowest BCUT2D eigenvalue weighted by Gasteiger charge is -2.35. The summed E-state index contributed by atoms with van der Waals surface area (Å²) < 4.78 is 26.5. The van der Waals surface area contributed by atoms with Gasteiger partial charge in [0, 0.05) is 29.8 Å². The average molecular weight is 576 g/mol. The highest BCUT2D eigenvalue weighted by Gasteiger charge is 2.35. The minimum Gasteiger partial charge on any atom is -0.481 e. The van der Waals surface area contributed by atoms with Crippen LogP contribution in [0.4, 0.5) is 4.39 Å². The summed E-state index contributed by atoms with van der Waals surface area (Å²) in [6.45, 7) is 3.16. The van der Waals surface area contributed by atoms with Gasteiger partial charge in [-0.2, -0.15) is 9.94 Å². The number of nitrogens with one attached hydrogen (secondary N) is 1. The summed E-state index contributed by atoms with van der Waals surface area (Å²) in [5, 5.41) is 25.5. The molecule has 1 aromatic carbocycles. The van der Waals surface area contributed by atoms with Crippen LogP contribution in [0, 0.1) is 17.1 Å². The van der Waals surface area contributed by atoms with Crippen molar-refractivity contribution in [2.75, 3.05) is 32.8 Å². The van der Waals surface area contributed by atoms with E-state index in [4.69, 9.17) is 19.8 Å². The number of ether oxygens (including phenoxy) is 2. The Bertz CT molecular complexity index is 1300. The monoisotopic (exact) mass is 575 g/mol. The van der Waals surface area contributed by atoms with Crippen molar-refractivity contribution in [2.45, 2.75) is 25.5 Å². The molecule has 194 valence electrons. The van der Waals surface area contributed by atoms with Crippen molar-refractivity contribution in [3.63, 3.8) is 0 Å². The van der Waals surface area contributed by atoms with Gasteiger partial charge in [0.1, 0.15) is 24.3 Å². The Hall–Kier alpha value is -3.67. The van der Waals surface area contributed by atoms with Crippen LogP contribution in [0.25, 0.3) is 0 Å². The van der Waals surface area contributed by atoms with Crippen molar-refractivity contribution in [3.05, 3.63) is 57.5 Å². The number of aromatic nitrogens is 3. The van der Waals surface area contributed by atoms with Gasteiger partial charge in [-0.05, 0) is 24.6 Å². The highest BCUT2D eigenvalue weighted by molar-refractivity contribution is 9.10. The maximum Gasteiger partial charge on any atom is 0.338 e. The Morgan fingerprint density at radius 3 is 2.92 bits per heavy atom. The first-order chi connectivity index (χ1) is 17.8. The van der Waals surface area contributed by atoms with Crippen molar-refractivity contribution in [1.82, 2.24) is 25.0 Å². The van der Waals surface area contributed by atoms with E-state index in [-0.39, 0.29) is 36.9 Å². The number of nitrogens with zero attached hydrogens (tertiary/aromatic N) is 6. The number of hydrogen-bond donors (Lipinski definition) is 2. The van der Waals surface area contributed by atoms with Crippen LogP contribution in [-0.4, -0.2) is 81.6 Å². The van der Waals surface area contributed by atoms with Crippen molar-refractivity contribution in [2.24, 2.45) is 4.99 Å². The van der Waals surface area contributed by atoms with E-state index in [9.17, 15) is 14.0 Å². The lowest BCUT2D eigenvalue weighted by atomic mass is 9.95. The SMILES string of the molecule is CCOC(=O)C1=C(CN2CCOC(CC(=O)O)C2)NC(n2cnc(C#N)n2)=NC1c1ccc(F)cc1Br. The first-order valence-electron chi connectivity index (χ1n) is 11.4. The molecule has 2 aliphatic rings. The van der Waals surface area contributed by atoms with E-state index in [1.165, 1.54) is 29.2 Å². The normalized spacial score (nSPS) is 20.1. The van der Waals surface area contributed by atoms with Gasteiger partial charge >= 0.3 is 11.9 Å². The Kier molecular flexibility index (Phi) is 8.27. The number of aliphatic imine (C=N–C) groups is 1. The molecule has 12 nitrogen and oxygen atoms in total. The number of benzene rings is 1. The summed E-state index contributed by atoms with van der Waals surface area (Å²) in [6, 6.07) is 5.00. The summed E-state index contributed by atoms with van der Waals surface area (Å²) in [5.74, 6) is -1.93. The van der Waals surface area contributed by atoms with Gasteiger partial charge in [-0.25, -0.2) is 19.2 Å². The van der Waals surface area contributed by atoms with Crippen molar-refractivity contribution in [3.8, 4) is 6.07 Å². The topological polar surface area (TPSA) is 155 Å². The number of carboxylic acid groups (broad SMARTS) is 1. The van der Waals surface area contributed by atoms with Crippen LogP contribution >= 0.6 is 15.9 Å². The van der Waals surface area contributed by atoms with E-state index < -0.39 is 29.9 Å². The molecule has 2 aromatic rings. The number of carbonyl (C=O) groups excluding carboxylic acids is 1. The van der Waals surface area contributed by atoms with E-state index in [0.29, 0.717) is 35.4 Å². The Labute approximate surface area is 219 Å². The molecule has 0 saturated carbocycles. The fraction of sp³-hybridized carbons (Fsp3) is 0.391. The molecule has 14 heteroatoms. The van der Waals surface area contributed by atoms with Crippen molar-refractivity contribution < 1.29 is 28.6 Å². The zero-order chi connectivity index (χ0) is 26.5. The second-order valence-electron chi connectivity index (χ2n) is 8.21. The molecule has 0 aliphatic carbocycles. The molecule has 4 rings (SSSR count). The average Bonchev–Trinajstić information content (AvgIpc) is 3.33. The number of aliphatic carboxylic acids is 1. The van der Waals surface area contributed by atoms with E-state index in [0.717, 1.165) is 0 Å². The first-order valence-corrected chi connectivity index (χ1v) is 12.2. The summed E-state index contributed by atoms with van der Waals surface area (Å²) in [4.78, 5) is 35.0. The third kappa shape index (κ3) is 6.19. The van der Waals surface area contributed by atoms with Gasteiger partial charge in [0.05, 0.1) is 31.3 Å². The maximum atomic E-state index is 13.9. The number of halogens is 2. The quantitative estimate of drug-likeness (QED) is 0.465. The fourth-order valence-corrected chi connectivity index (χ4v) is 4.67. The number of carbonyl (C=O) groups is 2. The molecule has 2 aliphatic heterocycles. The molecule has 0 radical (unpaired) electrons. The number of esters is 1. The molecular formula is C23H23BrFN7O5. The van der Waals surface area contributed by atoms with Gasteiger partial charge in [-0.15, -0.1) is 5.10 Å². The molecular weight excluding hydrogens is 553 g/mol. The molecule has 2 N–H and O–H groups in total. The molecule has 0 amide bonds. The minimum atomic E-state index is -0.968. The Morgan fingerprint density at radius 1 is 1.43 bits per heavy atom. The van der Waals surface area contributed by atoms with Gasteiger partial charge in [0.2, 0.25) is 5.96 Å². The minimum absolute atomic E-state index is 0.0737. The summed E-state index contributed by atoms with van der Waals surface area (Å²) >= 11 is 3.37. The van der Waals surface area contributed by atoms with Crippen molar-refractivity contribution in [1.29, 1.82) is 5.26 Å². The standard InChI is InChI=1S/C23H23BrFN7O5/c1-2-36-22(35)20-17(11-31-5-6-37-14(10-31)8-19(33)34)28-23(32-12-27-18(9-26)30-32)29-21(20)15-4-3-13(25)7-16(15)24/h3-4,7,12,14,21H,2,5-6,8,10-11H2,1H3,(H,28,29)(H,33,34). The number of hydrogen-bond acceptors (Lipinski definition) is 10. The lowest BCUT2D eigenvalue weighted by Crippen LogP contribution is -2.47. The summed E-state index contributed by atoms with van der Waals surface area (Å²) in [7, 11) is 0. The molecule has 2 atom stereocenters. The van der Waals surface area contributed by atoms with E-state index in [1.807, 2.05) is 11.0 Å². The molecule has 1 saturated heterocycles. The van der Waals surface area contributed by atoms with Gasteiger partial charge < -0.3 is 19.9 Å². The second-order valence-corrected chi connectivity index (χ2v) is 9.06. The van der Waals surface area contributed by atoms with Crippen LogP contribution in [0.3, 0.4) is 0 Å². The summed E-state index contributed by atoms with van der Waals surface area (Å²) in [5.41, 5.74) is 1.15. The Morgan fingerprint density at radius 2 is 2.24 bits per heavy atom. The first kappa shape index (κ1) is 26.4. The zero-order valence-corrected chi connectivity index (χ0v) is 21.3. The third-order valence-electron chi connectivity index (χ3n) is 5.68. The molecule has 2 unspecified atom stereocenters. The van der Waals surface area contributed by atoms with Crippen LogP contribution in [0.5, 0.6) is 0 Å². The van der Waals surface area contributed by atoms with Crippen LogP contribution < -0.4 is 5.32 Å². The highest BCUT2D eigenvalue weighted by atomic mass is 79.9. The lowest BCUT2D eigenvalue weighted by molar-refractivity contribution is -0.142. The number of morpholine rings is 1. The number of nitriles is 1. The number of rotatable bonds is 7. The van der Waals surface area contributed by atoms with Crippen LogP contribution in [0.2, 0.25) is 0 Å². The summed E-state index contributed by atoms with van der Waals surface area (Å²) in [6.07, 6.45) is 0.651. The second kappa shape index (κ2) is 11.6. The van der Waals surface area contributed by atoms with E-state index in [1.54, 1.807) is 6.92 Å². The van der Waals surface area contributed by atoms with E-state index >= 15 is 0 Å². The molecule has 0 spiro atoms. The molecule has 1 fully saturated rings. The molecule has 37 heavy (non-hydrogen) atoms. The highest BCUT2D eigenvalue weighted by Crippen LogP contribution is 2.36. The number of carboxylic acids is 1. The third-order valence-corrected chi connectivity index (χ3v) is 6.37. The maximum absolute atomic E-state index is 13.9.